The average molecular weight is 449 g/mol. The van der Waals surface area contributed by atoms with Gasteiger partial charge in [-0.15, -0.1) is 0 Å². The molecule has 2 amide bonds. The van der Waals surface area contributed by atoms with Gasteiger partial charge in [-0.2, -0.15) is 13.2 Å². The van der Waals surface area contributed by atoms with E-state index in [2.05, 4.69) is 10.5 Å². The van der Waals surface area contributed by atoms with Crippen LogP contribution in [0.15, 0.2) is 28.8 Å². The van der Waals surface area contributed by atoms with Crippen molar-refractivity contribution in [1.82, 2.24) is 15.4 Å². The first kappa shape index (κ1) is 22.4. The van der Waals surface area contributed by atoms with Crippen LogP contribution in [0.4, 0.5) is 13.2 Å². The van der Waals surface area contributed by atoms with Crippen LogP contribution < -0.4 is 5.32 Å². The van der Waals surface area contributed by atoms with Crippen molar-refractivity contribution in [1.29, 1.82) is 0 Å². The van der Waals surface area contributed by atoms with Gasteiger partial charge in [0.25, 0.3) is 5.91 Å². The van der Waals surface area contributed by atoms with Gasteiger partial charge in [-0.1, -0.05) is 23.7 Å². The minimum Gasteiger partial charge on any atom is -0.361 e. The number of aryl methyl sites for hydroxylation is 2. The summed E-state index contributed by atoms with van der Waals surface area (Å²) in [6.07, 6.45) is -1.70. The normalized spacial score (nSPS) is 26.3. The molecule has 0 saturated carbocycles. The molecule has 2 aromatic rings. The zero-order chi connectivity index (χ0) is 23.3. The molecule has 32 heavy (non-hydrogen) atoms. The molecule has 6 nitrogen and oxygen atoms in total. The first-order chi connectivity index (χ1) is 15.0. The molecule has 2 saturated heterocycles. The van der Waals surface area contributed by atoms with Crippen molar-refractivity contribution in [3.63, 3.8) is 0 Å². The van der Waals surface area contributed by atoms with E-state index in [9.17, 15) is 22.8 Å². The lowest BCUT2D eigenvalue weighted by Crippen LogP contribution is -2.56. The summed E-state index contributed by atoms with van der Waals surface area (Å²) in [6.45, 7) is 5.18. The van der Waals surface area contributed by atoms with Crippen LogP contribution in [0.25, 0.3) is 0 Å². The fraction of sp³-hybridized carbons (Fsp3) is 0.522. The molecule has 1 aromatic heterocycles. The van der Waals surface area contributed by atoms with Gasteiger partial charge in [0.05, 0.1) is 28.9 Å². The highest BCUT2D eigenvalue weighted by Crippen LogP contribution is 2.47. The molecular formula is C23H26F3N3O3. The molecular weight excluding hydrogens is 423 g/mol. The smallest absolute Gasteiger partial charge is 0.361 e. The third-order valence-electron chi connectivity index (χ3n) is 6.66. The number of carbonyl (C=O) groups excluding carboxylic acids is 2. The van der Waals surface area contributed by atoms with Gasteiger partial charge in [0.15, 0.2) is 0 Å². The Bertz CT molecular complexity index is 1030. The summed E-state index contributed by atoms with van der Waals surface area (Å²) >= 11 is 0. The lowest BCUT2D eigenvalue weighted by atomic mass is 9.85. The quantitative estimate of drug-likeness (QED) is 0.720. The molecule has 3 heterocycles. The maximum atomic E-state index is 13.8. The number of nitrogens with zero attached hydrogens (tertiary/aromatic N) is 2. The molecule has 0 spiro atoms. The molecule has 0 bridgehead atoms. The molecule has 0 aliphatic carbocycles. The van der Waals surface area contributed by atoms with Gasteiger partial charge in [0, 0.05) is 6.42 Å². The van der Waals surface area contributed by atoms with E-state index >= 15 is 0 Å². The summed E-state index contributed by atoms with van der Waals surface area (Å²) in [7, 11) is 0. The van der Waals surface area contributed by atoms with Crippen molar-refractivity contribution in [3.8, 4) is 0 Å². The fourth-order valence-corrected chi connectivity index (χ4v) is 5.16. The highest BCUT2D eigenvalue weighted by molar-refractivity contribution is 5.97. The van der Waals surface area contributed by atoms with Crippen LogP contribution in [-0.2, 0) is 11.0 Å². The molecule has 2 fully saturated rings. The van der Waals surface area contributed by atoms with E-state index < -0.39 is 23.3 Å². The summed E-state index contributed by atoms with van der Waals surface area (Å²) < 4.78 is 45.4. The number of likely N-dealkylation sites (tertiary alicyclic amines) is 1. The Balaban J connectivity index is 1.83. The molecule has 0 radical (unpaired) electrons. The van der Waals surface area contributed by atoms with Crippen molar-refractivity contribution < 1.29 is 27.3 Å². The minimum absolute atomic E-state index is 0.105. The standard InChI is InChI=1S/C23H26F3N3O3/c1-13-20(14(2)32-28-13)21(31)29-17(15-7-6-8-16(11-15)23(24,25)26)12-22(3)18(29)9-4-5-10-19(30)27-22/h6-8,11,17-18H,4-5,9-10,12H2,1-3H3,(H,27,30)/t17-,18-,22-/m0/s1. The van der Waals surface area contributed by atoms with E-state index in [1.54, 1.807) is 24.8 Å². The molecule has 2 aliphatic rings. The maximum Gasteiger partial charge on any atom is 0.416 e. The maximum absolute atomic E-state index is 13.8. The van der Waals surface area contributed by atoms with Gasteiger partial charge < -0.3 is 14.7 Å². The van der Waals surface area contributed by atoms with Gasteiger partial charge in [-0.25, -0.2) is 0 Å². The Morgan fingerprint density at radius 3 is 2.69 bits per heavy atom. The first-order valence-corrected chi connectivity index (χ1v) is 10.7. The number of alkyl halides is 3. The van der Waals surface area contributed by atoms with Crippen molar-refractivity contribution in [2.45, 2.75) is 76.7 Å². The van der Waals surface area contributed by atoms with Crippen LogP contribution in [0.2, 0.25) is 0 Å². The van der Waals surface area contributed by atoms with E-state index in [0.29, 0.717) is 48.3 Å². The zero-order valence-corrected chi connectivity index (χ0v) is 18.3. The minimum atomic E-state index is -4.50. The summed E-state index contributed by atoms with van der Waals surface area (Å²) in [4.78, 5) is 27.9. The topological polar surface area (TPSA) is 75.4 Å². The third kappa shape index (κ3) is 3.89. The highest BCUT2D eigenvalue weighted by Gasteiger charge is 2.53. The Morgan fingerprint density at radius 1 is 1.28 bits per heavy atom. The van der Waals surface area contributed by atoms with Gasteiger partial charge in [0.1, 0.15) is 11.3 Å². The molecule has 3 atom stereocenters. The summed E-state index contributed by atoms with van der Waals surface area (Å²) in [5.74, 6) is -0.0855. The Morgan fingerprint density at radius 2 is 2.03 bits per heavy atom. The molecule has 1 aromatic carbocycles. The van der Waals surface area contributed by atoms with E-state index in [-0.39, 0.29) is 17.9 Å². The van der Waals surface area contributed by atoms with Gasteiger partial charge in [-0.05, 0) is 57.7 Å². The van der Waals surface area contributed by atoms with E-state index in [1.165, 1.54) is 6.07 Å². The number of nitrogens with one attached hydrogen (secondary N) is 1. The number of carbonyl (C=O) groups is 2. The largest absolute Gasteiger partial charge is 0.416 e. The second kappa shape index (κ2) is 7.94. The Hall–Kier alpha value is -2.84. The predicted molar refractivity (Wildman–Crippen MR) is 110 cm³/mol. The third-order valence-corrected chi connectivity index (χ3v) is 6.66. The van der Waals surface area contributed by atoms with Crippen molar-refractivity contribution in [2.24, 2.45) is 0 Å². The molecule has 1 N–H and O–H groups in total. The monoisotopic (exact) mass is 449 g/mol. The molecule has 4 rings (SSSR count). The van der Waals surface area contributed by atoms with Crippen LogP contribution in [0.5, 0.6) is 0 Å². The van der Waals surface area contributed by atoms with E-state index in [0.717, 1.165) is 18.6 Å². The van der Waals surface area contributed by atoms with Crippen LogP contribution >= 0.6 is 0 Å². The fourth-order valence-electron chi connectivity index (χ4n) is 5.16. The SMILES string of the molecule is Cc1noc(C)c1C(=O)N1[C@H]2CCCCC(=O)N[C@@]2(C)C[C@H]1c1cccc(C(F)(F)F)c1. The number of hydrogen-bond donors (Lipinski definition) is 1. The van der Waals surface area contributed by atoms with E-state index in [4.69, 9.17) is 4.52 Å². The Labute approximate surface area is 184 Å². The zero-order valence-electron chi connectivity index (χ0n) is 18.3. The number of amides is 2. The van der Waals surface area contributed by atoms with E-state index in [1.807, 2.05) is 6.92 Å². The molecule has 172 valence electrons. The number of rotatable bonds is 2. The molecule has 2 aliphatic heterocycles. The van der Waals surface area contributed by atoms with Crippen molar-refractivity contribution >= 4 is 11.8 Å². The van der Waals surface area contributed by atoms with Crippen LogP contribution in [0, 0.1) is 13.8 Å². The summed E-state index contributed by atoms with van der Waals surface area (Å²) in [6, 6.07) is 4.09. The number of halogens is 3. The van der Waals surface area contributed by atoms with Gasteiger partial charge in [0.2, 0.25) is 5.91 Å². The number of benzene rings is 1. The first-order valence-electron chi connectivity index (χ1n) is 10.7. The lowest BCUT2D eigenvalue weighted by molar-refractivity contribution is -0.137. The summed E-state index contributed by atoms with van der Waals surface area (Å²) in [5, 5.41) is 6.95. The number of fused-ring (bicyclic) bond motifs is 1. The van der Waals surface area contributed by atoms with Crippen molar-refractivity contribution in [3.05, 3.63) is 52.4 Å². The predicted octanol–water partition coefficient (Wildman–Crippen LogP) is 4.71. The lowest BCUT2D eigenvalue weighted by Gasteiger charge is -2.38. The Kier molecular flexibility index (Phi) is 5.55. The number of hydrogen-bond acceptors (Lipinski definition) is 4. The van der Waals surface area contributed by atoms with Gasteiger partial charge in [-0.3, -0.25) is 9.59 Å². The van der Waals surface area contributed by atoms with Gasteiger partial charge >= 0.3 is 6.18 Å². The van der Waals surface area contributed by atoms with Crippen molar-refractivity contribution in [2.75, 3.05) is 0 Å². The molecule has 9 heteroatoms. The average Bonchev–Trinajstić information content (AvgIpc) is 3.19. The summed E-state index contributed by atoms with van der Waals surface area (Å²) in [5.41, 5.74) is -0.385. The highest BCUT2D eigenvalue weighted by atomic mass is 19.4. The second-order valence-corrected chi connectivity index (χ2v) is 8.98. The van der Waals surface area contributed by atoms with Crippen LogP contribution in [0.3, 0.4) is 0 Å². The number of aromatic nitrogens is 1. The van der Waals surface area contributed by atoms with Crippen LogP contribution in [0.1, 0.15) is 78.0 Å². The second-order valence-electron chi connectivity index (χ2n) is 8.98. The van der Waals surface area contributed by atoms with Crippen LogP contribution in [-0.4, -0.2) is 33.5 Å². The molecule has 0 unspecified atom stereocenters.